The Morgan fingerprint density at radius 2 is 1.64 bits per heavy atom. The fourth-order valence-electron chi connectivity index (χ4n) is 3.02. The predicted molar refractivity (Wildman–Crippen MR) is 105 cm³/mol. The summed E-state index contributed by atoms with van der Waals surface area (Å²) < 4.78 is 1.22. The van der Waals surface area contributed by atoms with Gasteiger partial charge >= 0.3 is 0 Å². The van der Waals surface area contributed by atoms with Gasteiger partial charge in [0.15, 0.2) is 0 Å². The molecular weight excluding hydrogens is 354 g/mol. The summed E-state index contributed by atoms with van der Waals surface area (Å²) in [6.45, 7) is 2.15. The molecule has 28 heavy (non-hydrogen) atoms. The summed E-state index contributed by atoms with van der Waals surface area (Å²) in [6.07, 6.45) is 0.468. The number of rotatable bonds is 5. The van der Waals surface area contributed by atoms with Crippen LogP contribution in [0.3, 0.4) is 0 Å². The molecule has 0 aliphatic rings. The van der Waals surface area contributed by atoms with Gasteiger partial charge in [-0.25, -0.2) is 4.98 Å². The second-order valence-corrected chi connectivity index (χ2v) is 6.52. The molecule has 1 amide bonds. The van der Waals surface area contributed by atoms with Crippen LogP contribution < -0.4 is 10.9 Å². The maximum absolute atomic E-state index is 12.9. The van der Waals surface area contributed by atoms with Crippen molar-refractivity contribution in [2.75, 3.05) is 0 Å². The summed E-state index contributed by atoms with van der Waals surface area (Å²) in [5.41, 5.74) is 2.93. The van der Waals surface area contributed by atoms with E-state index in [1.165, 1.54) is 4.52 Å². The lowest BCUT2D eigenvalue weighted by Gasteiger charge is -2.04. The highest BCUT2D eigenvalue weighted by Crippen LogP contribution is 2.10. The summed E-state index contributed by atoms with van der Waals surface area (Å²) in [5.74, 6) is -0.156. The lowest BCUT2D eigenvalue weighted by Crippen LogP contribution is -2.25. The summed E-state index contributed by atoms with van der Waals surface area (Å²) in [5, 5.41) is 5.56. The van der Waals surface area contributed by atoms with Crippen molar-refractivity contribution in [3.8, 4) is 0 Å². The fourth-order valence-corrected chi connectivity index (χ4v) is 3.02. The first kappa shape index (κ1) is 17.7. The van der Waals surface area contributed by atoms with Crippen molar-refractivity contribution in [1.29, 1.82) is 0 Å². The maximum atomic E-state index is 12.9. The van der Waals surface area contributed by atoms with E-state index in [2.05, 4.69) is 20.4 Å². The van der Waals surface area contributed by atoms with Gasteiger partial charge in [-0.15, -0.1) is 0 Å². The van der Waals surface area contributed by atoms with Gasteiger partial charge in [0.2, 0.25) is 5.82 Å². The topological polar surface area (TPSA) is 92.2 Å². The highest BCUT2D eigenvalue weighted by atomic mass is 16.2. The third-order valence-corrected chi connectivity index (χ3v) is 4.53. The highest BCUT2D eigenvalue weighted by Gasteiger charge is 2.17. The molecular formula is C21H19N5O2. The lowest BCUT2D eigenvalue weighted by molar-refractivity contribution is 0.0940. The Bertz CT molecular complexity index is 1180. The number of aromatic nitrogens is 4. The largest absolute Gasteiger partial charge is 0.345 e. The summed E-state index contributed by atoms with van der Waals surface area (Å²) in [7, 11) is 0. The van der Waals surface area contributed by atoms with Gasteiger partial charge in [0.1, 0.15) is 0 Å². The molecule has 0 atom stereocenters. The van der Waals surface area contributed by atoms with Crippen LogP contribution >= 0.6 is 0 Å². The Morgan fingerprint density at radius 3 is 2.32 bits per heavy atom. The number of nitrogens with one attached hydrogen (secondary N) is 2. The average molecular weight is 373 g/mol. The number of hydrogen-bond acceptors (Lipinski definition) is 4. The molecule has 0 saturated carbocycles. The quantitative estimate of drug-likeness (QED) is 0.561. The predicted octanol–water partition coefficient (Wildman–Crippen LogP) is 2.25. The number of benzene rings is 2. The molecule has 4 aromatic rings. The molecule has 140 valence electrons. The molecule has 0 saturated heterocycles. The van der Waals surface area contributed by atoms with Crippen molar-refractivity contribution >= 4 is 11.7 Å². The molecule has 7 heteroatoms. The van der Waals surface area contributed by atoms with Crippen LogP contribution in [0.4, 0.5) is 0 Å². The average Bonchev–Trinajstić information content (AvgIpc) is 3.15. The van der Waals surface area contributed by atoms with E-state index < -0.39 is 5.91 Å². The molecule has 7 nitrogen and oxygen atoms in total. The Morgan fingerprint density at radius 1 is 1.00 bits per heavy atom. The molecule has 0 aliphatic heterocycles. The second kappa shape index (κ2) is 7.48. The van der Waals surface area contributed by atoms with E-state index in [0.29, 0.717) is 24.2 Å². The first-order valence-corrected chi connectivity index (χ1v) is 8.96. The van der Waals surface area contributed by atoms with Crippen LogP contribution in [0.15, 0.2) is 65.5 Å². The molecule has 0 radical (unpaired) electrons. The van der Waals surface area contributed by atoms with Crippen LogP contribution in [0.1, 0.15) is 33.0 Å². The Hall–Kier alpha value is -3.74. The number of aromatic amines is 1. The van der Waals surface area contributed by atoms with Crippen molar-refractivity contribution in [3.63, 3.8) is 0 Å². The zero-order valence-electron chi connectivity index (χ0n) is 15.3. The molecule has 4 rings (SSSR count). The Labute approximate surface area is 161 Å². The number of aryl methyl sites for hydroxylation is 1. The highest BCUT2D eigenvalue weighted by molar-refractivity contribution is 5.90. The van der Waals surface area contributed by atoms with Crippen molar-refractivity contribution in [1.82, 2.24) is 24.9 Å². The number of nitrogens with zero attached hydrogens (tertiary/aromatic N) is 3. The molecule has 2 aromatic carbocycles. The molecule has 0 bridgehead atoms. The van der Waals surface area contributed by atoms with Gasteiger partial charge < -0.3 is 5.32 Å². The van der Waals surface area contributed by atoms with E-state index in [1.54, 1.807) is 6.92 Å². The fraction of sp³-hybridized carbons (Fsp3) is 0.143. The molecule has 2 aromatic heterocycles. The number of fused-ring (bicyclic) bond motifs is 1. The van der Waals surface area contributed by atoms with Crippen molar-refractivity contribution < 1.29 is 4.79 Å². The van der Waals surface area contributed by atoms with E-state index in [4.69, 9.17) is 0 Å². The molecule has 0 aliphatic carbocycles. The van der Waals surface area contributed by atoms with Crippen molar-refractivity contribution in [3.05, 3.63) is 99.2 Å². The first-order chi connectivity index (χ1) is 13.6. The minimum absolute atomic E-state index is 0.0526. The smallest absolute Gasteiger partial charge is 0.288 e. The Kier molecular flexibility index (Phi) is 4.72. The minimum Gasteiger partial charge on any atom is -0.345 e. The lowest BCUT2D eigenvalue weighted by atomic mass is 10.1. The standard InChI is InChI=1S/C21H19N5O2/c1-14-17(12-15-8-4-2-5-9-15)20(28)26-21(23-14)24-18(25-26)19(27)22-13-16-10-6-3-7-11-16/h2-11H,12-13H2,1H3,(H,22,27)(H,23,24,25). The van der Waals surface area contributed by atoms with Crippen LogP contribution in [0.5, 0.6) is 0 Å². The summed E-state index contributed by atoms with van der Waals surface area (Å²) in [6, 6.07) is 19.3. The maximum Gasteiger partial charge on any atom is 0.288 e. The van der Waals surface area contributed by atoms with Gasteiger partial charge in [-0.3, -0.25) is 14.7 Å². The molecule has 0 spiro atoms. The van der Waals surface area contributed by atoms with Gasteiger partial charge in [-0.1, -0.05) is 60.7 Å². The van der Waals surface area contributed by atoms with Gasteiger partial charge in [0, 0.05) is 18.5 Å². The zero-order valence-corrected chi connectivity index (χ0v) is 15.3. The van der Waals surface area contributed by atoms with E-state index in [-0.39, 0.29) is 17.2 Å². The number of hydrogen-bond donors (Lipinski definition) is 2. The van der Waals surface area contributed by atoms with Crippen LogP contribution in [0, 0.1) is 6.92 Å². The van der Waals surface area contributed by atoms with Gasteiger partial charge in [0.25, 0.3) is 17.2 Å². The Balaban J connectivity index is 1.61. The van der Waals surface area contributed by atoms with Crippen molar-refractivity contribution in [2.45, 2.75) is 19.9 Å². The van der Waals surface area contributed by atoms with E-state index >= 15 is 0 Å². The monoisotopic (exact) mass is 373 g/mol. The molecule has 2 heterocycles. The van der Waals surface area contributed by atoms with E-state index in [0.717, 1.165) is 11.1 Å². The minimum atomic E-state index is -0.393. The van der Waals surface area contributed by atoms with Gasteiger partial charge in [0.05, 0.1) is 5.69 Å². The van der Waals surface area contributed by atoms with Crippen LogP contribution in [0.25, 0.3) is 5.78 Å². The van der Waals surface area contributed by atoms with Crippen LogP contribution in [-0.2, 0) is 13.0 Å². The zero-order chi connectivity index (χ0) is 19.5. The summed E-state index contributed by atoms with van der Waals surface area (Å²) >= 11 is 0. The van der Waals surface area contributed by atoms with Gasteiger partial charge in [-0.2, -0.15) is 9.50 Å². The number of carbonyl (C=O) groups is 1. The van der Waals surface area contributed by atoms with E-state index in [1.807, 2.05) is 60.7 Å². The second-order valence-electron chi connectivity index (χ2n) is 6.52. The molecule has 0 unspecified atom stereocenters. The third kappa shape index (κ3) is 3.55. The molecule has 0 fully saturated rings. The van der Waals surface area contributed by atoms with Gasteiger partial charge in [-0.05, 0) is 18.1 Å². The normalized spacial score (nSPS) is 10.9. The molecule has 2 N–H and O–H groups in total. The number of amides is 1. The summed E-state index contributed by atoms with van der Waals surface area (Å²) in [4.78, 5) is 33.9. The third-order valence-electron chi connectivity index (χ3n) is 4.53. The first-order valence-electron chi connectivity index (χ1n) is 8.96. The van der Waals surface area contributed by atoms with E-state index in [9.17, 15) is 9.59 Å². The number of carbonyl (C=O) groups excluding carboxylic acids is 1. The van der Waals surface area contributed by atoms with Crippen molar-refractivity contribution in [2.24, 2.45) is 0 Å². The number of H-pyrrole nitrogens is 1. The van der Waals surface area contributed by atoms with Crippen LogP contribution in [-0.4, -0.2) is 25.5 Å². The van der Waals surface area contributed by atoms with Crippen LogP contribution in [0.2, 0.25) is 0 Å². The SMILES string of the molecule is Cc1nc2nc(C(=O)NCc3ccccc3)[nH]n2c(=O)c1Cc1ccccc1.